The van der Waals surface area contributed by atoms with Crippen LogP contribution in [0.2, 0.25) is 0 Å². The van der Waals surface area contributed by atoms with Crippen LogP contribution in [0.4, 0.5) is 11.4 Å². The third-order valence-corrected chi connectivity index (χ3v) is 3.69. The van der Waals surface area contributed by atoms with Crippen LogP contribution < -0.4 is 9.47 Å². The molecule has 0 amide bonds. The van der Waals surface area contributed by atoms with Crippen LogP contribution in [0.15, 0.2) is 71.7 Å². The van der Waals surface area contributed by atoms with Gasteiger partial charge in [0.1, 0.15) is 23.0 Å². The molecule has 1 N–H and O–H groups in total. The highest BCUT2D eigenvalue weighted by molar-refractivity contribution is 5.86. The normalized spacial score (nSPS) is 10.7. The van der Waals surface area contributed by atoms with E-state index in [0.29, 0.717) is 22.9 Å². The van der Waals surface area contributed by atoms with Crippen molar-refractivity contribution in [2.24, 2.45) is 4.99 Å². The van der Waals surface area contributed by atoms with Crippen LogP contribution in [0.5, 0.6) is 23.0 Å². The Morgan fingerprint density at radius 3 is 2.44 bits per heavy atom. The van der Waals surface area contributed by atoms with Crippen molar-refractivity contribution in [1.82, 2.24) is 0 Å². The van der Waals surface area contributed by atoms with E-state index in [-0.39, 0.29) is 17.0 Å². The topological polar surface area (TPSA) is 94.2 Å². The Hall–Kier alpha value is -3.87. The summed E-state index contributed by atoms with van der Waals surface area (Å²) in [7, 11) is 1.59. The van der Waals surface area contributed by atoms with E-state index < -0.39 is 4.92 Å². The van der Waals surface area contributed by atoms with E-state index in [1.807, 2.05) is 18.2 Å². The minimum absolute atomic E-state index is 0.0812. The molecule has 0 aromatic heterocycles. The molecular formula is C20H16N2O5. The van der Waals surface area contributed by atoms with E-state index in [4.69, 9.17) is 9.47 Å². The second kappa shape index (κ2) is 8.01. The first-order valence-electron chi connectivity index (χ1n) is 7.98. The first-order chi connectivity index (χ1) is 13.0. The van der Waals surface area contributed by atoms with Gasteiger partial charge in [-0.3, -0.25) is 15.1 Å². The first-order valence-corrected chi connectivity index (χ1v) is 7.98. The van der Waals surface area contributed by atoms with Crippen LogP contribution in [0.25, 0.3) is 0 Å². The molecule has 0 aliphatic carbocycles. The number of phenolic OH excluding ortho intramolecular Hbond substituents is 1. The van der Waals surface area contributed by atoms with Gasteiger partial charge in [-0.25, -0.2) is 0 Å². The van der Waals surface area contributed by atoms with Crippen molar-refractivity contribution in [3.8, 4) is 23.0 Å². The molecule has 0 fully saturated rings. The molecular weight excluding hydrogens is 348 g/mol. The summed E-state index contributed by atoms with van der Waals surface area (Å²) >= 11 is 0. The van der Waals surface area contributed by atoms with Crippen molar-refractivity contribution in [3.63, 3.8) is 0 Å². The molecule has 0 saturated carbocycles. The van der Waals surface area contributed by atoms with Gasteiger partial charge in [0.2, 0.25) is 0 Å². The van der Waals surface area contributed by atoms with E-state index in [9.17, 15) is 15.2 Å². The van der Waals surface area contributed by atoms with E-state index in [1.54, 1.807) is 37.4 Å². The average molecular weight is 364 g/mol. The Balaban J connectivity index is 1.73. The van der Waals surface area contributed by atoms with E-state index in [0.717, 1.165) is 0 Å². The third kappa shape index (κ3) is 4.60. The maximum Gasteiger partial charge on any atom is 0.270 e. The van der Waals surface area contributed by atoms with Crippen molar-refractivity contribution in [2.75, 3.05) is 7.11 Å². The number of aromatic hydroxyl groups is 1. The molecule has 0 aliphatic heterocycles. The lowest BCUT2D eigenvalue weighted by molar-refractivity contribution is -0.384. The van der Waals surface area contributed by atoms with E-state index in [1.165, 1.54) is 24.4 Å². The number of nitro benzene ring substituents is 1. The van der Waals surface area contributed by atoms with Crippen LogP contribution in [-0.4, -0.2) is 23.4 Å². The molecule has 3 aromatic rings. The molecule has 3 aromatic carbocycles. The molecule has 0 aliphatic rings. The maximum absolute atomic E-state index is 10.8. The number of methoxy groups -OCH3 is 1. The van der Waals surface area contributed by atoms with Gasteiger partial charge in [0.05, 0.1) is 17.7 Å². The lowest BCUT2D eigenvalue weighted by Crippen LogP contribution is -1.90. The van der Waals surface area contributed by atoms with Gasteiger partial charge in [-0.15, -0.1) is 0 Å². The Morgan fingerprint density at radius 2 is 1.74 bits per heavy atom. The monoisotopic (exact) mass is 364 g/mol. The Morgan fingerprint density at radius 1 is 1.00 bits per heavy atom. The summed E-state index contributed by atoms with van der Waals surface area (Å²) < 4.78 is 10.9. The van der Waals surface area contributed by atoms with Crippen LogP contribution in [-0.2, 0) is 0 Å². The molecule has 7 nitrogen and oxygen atoms in total. The van der Waals surface area contributed by atoms with Crippen LogP contribution in [0.3, 0.4) is 0 Å². The number of benzene rings is 3. The lowest BCUT2D eigenvalue weighted by Gasteiger charge is -2.07. The van der Waals surface area contributed by atoms with E-state index >= 15 is 0 Å². The van der Waals surface area contributed by atoms with Gasteiger partial charge in [-0.1, -0.05) is 6.07 Å². The van der Waals surface area contributed by atoms with Crippen molar-refractivity contribution in [2.45, 2.75) is 0 Å². The lowest BCUT2D eigenvalue weighted by atomic mass is 10.2. The minimum atomic E-state index is -0.526. The van der Waals surface area contributed by atoms with Crippen molar-refractivity contribution in [3.05, 3.63) is 82.4 Å². The number of hydrogen-bond acceptors (Lipinski definition) is 6. The minimum Gasteiger partial charge on any atom is -0.507 e. The zero-order chi connectivity index (χ0) is 19.2. The zero-order valence-electron chi connectivity index (χ0n) is 14.4. The predicted octanol–water partition coefficient (Wildman–Crippen LogP) is 4.85. The van der Waals surface area contributed by atoms with Crippen molar-refractivity contribution in [1.29, 1.82) is 0 Å². The second-order valence-electron chi connectivity index (χ2n) is 5.53. The molecule has 0 saturated heterocycles. The quantitative estimate of drug-likeness (QED) is 0.383. The van der Waals surface area contributed by atoms with Gasteiger partial charge >= 0.3 is 0 Å². The van der Waals surface area contributed by atoms with Gasteiger partial charge in [-0.2, -0.15) is 0 Å². The summed E-state index contributed by atoms with van der Waals surface area (Å²) in [6.45, 7) is 0. The van der Waals surface area contributed by atoms with E-state index in [2.05, 4.69) is 4.99 Å². The second-order valence-corrected chi connectivity index (χ2v) is 5.53. The van der Waals surface area contributed by atoms with Crippen LogP contribution >= 0.6 is 0 Å². The molecule has 3 rings (SSSR count). The number of aliphatic imine (C=N–C) groups is 1. The first kappa shape index (κ1) is 17.9. The molecule has 0 atom stereocenters. The summed E-state index contributed by atoms with van der Waals surface area (Å²) in [5.41, 5.74) is 0.760. The fourth-order valence-corrected chi connectivity index (χ4v) is 2.30. The number of nitrogens with zero attached hydrogens (tertiary/aromatic N) is 2. The van der Waals surface area contributed by atoms with Crippen LogP contribution in [0, 0.1) is 10.1 Å². The summed E-state index contributed by atoms with van der Waals surface area (Å²) in [4.78, 5) is 14.5. The van der Waals surface area contributed by atoms with Gasteiger partial charge in [0.25, 0.3) is 5.69 Å². The highest BCUT2D eigenvalue weighted by atomic mass is 16.6. The largest absolute Gasteiger partial charge is 0.507 e. The molecule has 136 valence electrons. The van der Waals surface area contributed by atoms with Crippen LogP contribution in [0.1, 0.15) is 5.56 Å². The number of hydrogen-bond donors (Lipinski definition) is 1. The SMILES string of the molecule is COc1cccc(Oc2ccc(N=Cc3cc([N+](=O)[O-])ccc3O)cc2)c1. The zero-order valence-corrected chi connectivity index (χ0v) is 14.4. The number of nitro groups is 1. The third-order valence-electron chi connectivity index (χ3n) is 3.69. The summed E-state index contributed by atoms with van der Waals surface area (Å²) in [6, 6.07) is 18.0. The molecule has 0 unspecified atom stereocenters. The number of non-ortho nitro benzene ring substituents is 1. The van der Waals surface area contributed by atoms with Gasteiger partial charge < -0.3 is 14.6 Å². The highest BCUT2D eigenvalue weighted by Gasteiger charge is 2.08. The van der Waals surface area contributed by atoms with Gasteiger partial charge in [0, 0.05) is 30.0 Å². The molecule has 7 heteroatoms. The molecule has 0 radical (unpaired) electrons. The summed E-state index contributed by atoms with van der Waals surface area (Å²) in [6.07, 6.45) is 1.38. The predicted molar refractivity (Wildman–Crippen MR) is 102 cm³/mol. The van der Waals surface area contributed by atoms with Crippen molar-refractivity contribution < 1.29 is 19.5 Å². The fourth-order valence-electron chi connectivity index (χ4n) is 2.30. The van der Waals surface area contributed by atoms with Crippen molar-refractivity contribution >= 4 is 17.6 Å². The number of ether oxygens (including phenoxy) is 2. The Bertz CT molecular complexity index is 984. The Kier molecular flexibility index (Phi) is 5.32. The number of rotatable bonds is 6. The fraction of sp³-hybridized carbons (Fsp3) is 0.0500. The molecule has 27 heavy (non-hydrogen) atoms. The summed E-state index contributed by atoms with van der Waals surface area (Å²) in [5, 5.41) is 20.6. The molecule has 0 spiro atoms. The maximum atomic E-state index is 10.8. The van der Waals surface area contributed by atoms with Gasteiger partial charge in [0.15, 0.2) is 0 Å². The van der Waals surface area contributed by atoms with Gasteiger partial charge in [-0.05, 0) is 42.5 Å². The average Bonchev–Trinajstić information content (AvgIpc) is 2.68. The standard InChI is InChI=1S/C20H16N2O5/c1-26-18-3-2-4-19(12-18)27-17-8-5-15(6-9-17)21-13-14-11-16(22(24)25)7-10-20(14)23/h2-13,23H,1H3. The summed E-state index contributed by atoms with van der Waals surface area (Å²) in [5.74, 6) is 1.89. The molecule has 0 heterocycles. The number of phenols is 1. The highest BCUT2D eigenvalue weighted by Crippen LogP contribution is 2.27. The Labute approximate surface area is 155 Å². The smallest absolute Gasteiger partial charge is 0.270 e. The molecule has 0 bridgehead atoms.